The van der Waals surface area contributed by atoms with Crippen molar-refractivity contribution < 1.29 is 14.6 Å². The third kappa shape index (κ3) is 2.69. The molecule has 2 aromatic heterocycles. The molecule has 0 unspecified atom stereocenters. The molecule has 24 heavy (non-hydrogen) atoms. The van der Waals surface area contributed by atoms with Crippen molar-refractivity contribution in [1.82, 2.24) is 9.36 Å². The molecule has 2 heterocycles. The highest BCUT2D eigenvalue weighted by Crippen LogP contribution is 2.57. The van der Waals surface area contributed by atoms with E-state index in [9.17, 15) is 9.90 Å². The second-order valence-corrected chi connectivity index (χ2v) is 7.96. The molecule has 0 spiro atoms. The molecule has 2 bridgehead atoms. The van der Waals surface area contributed by atoms with E-state index in [1.165, 1.54) is 11.5 Å². The molecule has 0 aliphatic heterocycles. The summed E-state index contributed by atoms with van der Waals surface area (Å²) in [6.07, 6.45) is 8.74. The second kappa shape index (κ2) is 5.84. The van der Waals surface area contributed by atoms with Gasteiger partial charge < -0.3 is 9.84 Å². The molecule has 0 atom stereocenters. The standard InChI is InChI=1S/C18H20N2O3S/c21-16(22)18-7-4-17(5-8-18,6-9-18)12-23-13-1-2-14(19-11-13)15-3-10-20-24-15/h1-3,10-11H,4-9,12H2,(H,21,22). The highest BCUT2D eigenvalue weighted by atomic mass is 32.1. The quantitative estimate of drug-likeness (QED) is 0.887. The molecule has 5 rings (SSSR count). The molecular weight excluding hydrogens is 324 g/mol. The van der Waals surface area contributed by atoms with Crippen LogP contribution in [-0.2, 0) is 4.79 Å². The first kappa shape index (κ1) is 15.6. The van der Waals surface area contributed by atoms with Crippen LogP contribution in [0.5, 0.6) is 5.75 Å². The van der Waals surface area contributed by atoms with Crippen molar-refractivity contribution in [2.24, 2.45) is 10.8 Å². The maximum Gasteiger partial charge on any atom is 0.309 e. The zero-order valence-electron chi connectivity index (χ0n) is 13.4. The second-order valence-electron chi connectivity index (χ2n) is 7.13. The Kier molecular flexibility index (Phi) is 3.79. The van der Waals surface area contributed by atoms with Gasteiger partial charge in [0.1, 0.15) is 5.75 Å². The molecule has 6 heteroatoms. The summed E-state index contributed by atoms with van der Waals surface area (Å²) >= 11 is 1.43. The Morgan fingerprint density at radius 2 is 1.92 bits per heavy atom. The monoisotopic (exact) mass is 344 g/mol. The Morgan fingerprint density at radius 1 is 1.17 bits per heavy atom. The van der Waals surface area contributed by atoms with Gasteiger partial charge in [-0.3, -0.25) is 9.78 Å². The van der Waals surface area contributed by atoms with Crippen molar-refractivity contribution in [3.8, 4) is 16.3 Å². The number of nitrogens with zero attached hydrogens (tertiary/aromatic N) is 2. The molecule has 0 amide bonds. The fourth-order valence-electron chi connectivity index (χ4n) is 4.00. The van der Waals surface area contributed by atoms with E-state index >= 15 is 0 Å². The molecule has 126 valence electrons. The maximum absolute atomic E-state index is 11.5. The smallest absolute Gasteiger partial charge is 0.309 e. The molecule has 2 aromatic rings. The van der Waals surface area contributed by atoms with Crippen molar-refractivity contribution in [2.75, 3.05) is 6.61 Å². The van der Waals surface area contributed by atoms with Crippen LogP contribution >= 0.6 is 11.5 Å². The minimum Gasteiger partial charge on any atom is -0.491 e. The van der Waals surface area contributed by atoms with Crippen LogP contribution in [0.4, 0.5) is 0 Å². The molecule has 3 aliphatic carbocycles. The summed E-state index contributed by atoms with van der Waals surface area (Å²) in [5, 5.41) is 9.47. The highest BCUT2D eigenvalue weighted by Gasteiger charge is 2.52. The zero-order valence-corrected chi connectivity index (χ0v) is 14.2. The van der Waals surface area contributed by atoms with E-state index < -0.39 is 11.4 Å². The lowest BCUT2D eigenvalue weighted by atomic mass is 9.54. The zero-order chi connectivity index (χ0) is 16.6. The first-order valence-electron chi connectivity index (χ1n) is 8.34. The molecule has 3 fully saturated rings. The summed E-state index contributed by atoms with van der Waals surface area (Å²) in [6.45, 7) is 0.657. The third-order valence-electron chi connectivity index (χ3n) is 5.83. The number of pyridine rings is 1. The number of carboxylic acid groups (broad SMARTS) is 1. The van der Waals surface area contributed by atoms with Crippen molar-refractivity contribution >= 4 is 17.5 Å². The molecular formula is C18H20N2O3S. The van der Waals surface area contributed by atoms with Gasteiger partial charge in [0, 0.05) is 11.6 Å². The Balaban J connectivity index is 1.38. The van der Waals surface area contributed by atoms with E-state index in [0.717, 1.165) is 54.8 Å². The van der Waals surface area contributed by atoms with Crippen LogP contribution in [0.1, 0.15) is 38.5 Å². The predicted octanol–water partition coefficient (Wildman–Crippen LogP) is 4.01. The van der Waals surface area contributed by atoms with Gasteiger partial charge in [-0.1, -0.05) is 0 Å². The lowest BCUT2D eigenvalue weighted by molar-refractivity contribution is -0.160. The van der Waals surface area contributed by atoms with Gasteiger partial charge in [-0.15, -0.1) is 0 Å². The number of hydrogen-bond acceptors (Lipinski definition) is 5. The van der Waals surface area contributed by atoms with Gasteiger partial charge in [-0.05, 0) is 68.3 Å². The van der Waals surface area contributed by atoms with E-state index in [2.05, 4.69) is 9.36 Å². The fourth-order valence-corrected chi connectivity index (χ4v) is 4.57. The lowest BCUT2D eigenvalue weighted by Gasteiger charge is -2.51. The Labute approximate surface area is 144 Å². The number of aliphatic carboxylic acids is 1. The Morgan fingerprint density at radius 3 is 2.46 bits per heavy atom. The minimum absolute atomic E-state index is 0.146. The third-order valence-corrected chi connectivity index (χ3v) is 6.60. The van der Waals surface area contributed by atoms with E-state index in [1.807, 2.05) is 18.2 Å². The topological polar surface area (TPSA) is 72.3 Å². The average molecular weight is 344 g/mol. The average Bonchev–Trinajstić information content (AvgIpc) is 3.17. The first-order chi connectivity index (χ1) is 11.6. The largest absolute Gasteiger partial charge is 0.491 e. The molecule has 1 N–H and O–H groups in total. The Hall–Kier alpha value is -1.95. The van der Waals surface area contributed by atoms with E-state index in [0.29, 0.717) is 6.61 Å². The Bertz CT molecular complexity index is 703. The van der Waals surface area contributed by atoms with Crippen molar-refractivity contribution in [3.63, 3.8) is 0 Å². The molecule has 3 saturated carbocycles. The maximum atomic E-state index is 11.5. The molecule has 0 radical (unpaired) electrons. The van der Waals surface area contributed by atoms with Crippen LogP contribution in [0.3, 0.4) is 0 Å². The van der Waals surface area contributed by atoms with Gasteiger partial charge in [-0.25, -0.2) is 4.37 Å². The van der Waals surface area contributed by atoms with Crippen molar-refractivity contribution in [2.45, 2.75) is 38.5 Å². The predicted molar refractivity (Wildman–Crippen MR) is 91.0 cm³/mol. The molecule has 3 aliphatic rings. The summed E-state index contributed by atoms with van der Waals surface area (Å²) in [5.41, 5.74) is 0.595. The van der Waals surface area contributed by atoms with Gasteiger partial charge in [0.15, 0.2) is 0 Å². The summed E-state index contributed by atoms with van der Waals surface area (Å²) in [4.78, 5) is 17.0. The molecule has 0 aromatic carbocycles. The summed E-state index contributed by atoms with van der Waals surface area (Å²) in [6, 6.07) is 5.86. The minimum atomic E-state index is -0.612. The van der Waals surface area contributed by atoms with E-state index in [4.69, 9.17) is 4.74 Å². The van der Waals surface area contributed by atoms with Gasteiger partial charge in [0.05, 0.1) is 28.8 Å². The number of carbonyl (C=O) groups is 1. The van der Waals surface area contributed by atoms with Crippen molar-refractivity contribution in [1.29, 1.82) is 0 Å². The van der Waals surface area contributed by atoms with Gasteiger partial charge in [0.2, 0.25) is 0 Å². The summed E-state index contributed by atoms with van der Waals surface area (Å²) < 4.78 is 10.1. The van der Waals surface area contributed by atoms with Crippen LogP contribution < -0.4 is 4.74 Å². The number of rotatable bonds is 5. The number of ether oxygens (including phenoxy) is 1. The van der Waals surface area contributed by atoms with Gasteiger partial charge in [0.25, 0.3) is 0 Å². The van der Waals surface area contributed by atoms with Crippen molar-refractivity contribution in [3.05, 3.63) is 30.6 Å². The number of carboxylic acids is 1. The lowest BCUT2D eigenvalue weighted by Crippen LogP contribution is -2.48. The highest BCUT2D eigenvalue weighted by molar-refractivity contribution is 7.09. The van der Waals surface area contributed by atoms with E-state index in [1.54, 1.807) is 12.4 Å². The normalized spacial score (nSPS) is 28.7. The molecule has 0 saturated heterocycles. The van der Waals surface area contributed by atoms with E-state index in [-0.39, 0.29) is 5.41 Å². The van der Waals surface area contributed by atoms with Crippen LogP contribution in [0.2, 0.25) is 0 Å². The van der Waals surface area contributed by atoms with Crippen LogP contribution in [-0.4, -0.2) is 27.0 Å². The van der Waals surface area contributed by atoms with Crippen LogP contribution in [0, 0.1) is 10.8 Å². The first-order valence-corrected chi connectivity index (χ1v) is 9.12. The summed E-state index contributed by atoms with van der Waals surface area (Å²) in [5.74, 6) is 0.165. The van der Waals surface area contributed by atoms with Gasteiger partial charge >= 0.3 is 5.97 Å². The summed E-state index contributed by atoms with van der Waals surface area (Å²) in [7, 11) is 0. The number of hydrogen-bond donors (Lipinski definition) is 1. The number of fused-ring (bicyclic) bond motifs is 3. The van der Waals surface area contributed by atoms with Crippen LogP contribution in [0.15, 0.2) is 30.6 Å². The fraction of sp³-hybridized carbons (Fsp3) is 0.500. The van der Waals surface area contributed by atoms with Gasteiger partial charge in [-0.2, -0.15) is 0 Å². The molecule has 5 nitrogen and oxygen atoms in total. The van der Waals surface area contributed by atoms with Crippen LogP contribution in [0.25, 0.3) is 10.6 Å². The number of aromatic nitrogens is 2. The SMILES string of the molecule is O=C(O)C12CCC(COc3ccc(-c4ccns4)nc3)(CC1)CC2.